The number of dihydropyridines is 1. The molecule has 1 aromatic carbocycles. The Balaban J connectivity index is 2.16. The highest BCUT2D eigenvalue weighted by Gasteiger charge is 2.06. The third kappa shape index (κ3) is 1.79. The van der Waals surface area contributed by atoms with Gasteiger partial charge in [0.05, 0.1) is 13.2 Å². The van der Waals surface area contributed by atoms with Crippen LogP contribution in [0.3, 0.4) is 0 Å². The van der Waals surface area contributed by atoms with Gasteiger partial charge in [0.1, 0.15) is 5.75 Å². The Morgan fingerprint density at radius 3 is 2.50 bits per heavy atom. The van der Waals surface area contributed by atoms with Gasteiger partial charge in [-0.1, -0.05) is 24.3 Å². The molecule has 2 rings (SSSR count). The molecule has 1 aliphatic rings. The number of rotatable bonds is 2. The summed E-state index contributed by atoms with van der Waals surface area (Å²) in [5, 5.41) is 3.26. The zero-order valence-electron chi connectivity index (χ0n) is 8.10. The molecule has 0 spiro atoms. The minimum Gasteiger partial charge on any atom is -0.497 e. The minimum atomic E-state index is 0.283. The molecule has 0 radical (unpaired) electrons. The summed E-state index contributed by atoms with van der Waals surface area (Å²) < 4.78 is 5.10. The molecule has 2 nitrogen and oxygen atoms in total. The number of benzene rings is 1. The van der Waals surface area contributed by atoms with Crippen LogP contribution in [0.1, 0.15) is 11.6 Å². The summed E-state index contributed by atoms with van der Waals surface area (Å²) in [6.07, 6.45) is 8.11. The Bertz CT molecular complexity index is 351. The average Bonchev–Trinajstić information content (AvgIpc) is 2.30. The standard InChI is InChI=1S/C12H13NO/c1-14-11-7-5-10(6-8-11)12-4-2-3-9-13-12/h2-9,12-13H,1H3. The molecule has 2 heteroatoms. The topological polar surface area (TPSA) is 21.3 Å². The number of hydrogen-bond donors (Lipinski definition) is 1. The van der Waals surface area contributed by atoms with Crippen molar-refractivity contribution in [1.29, 1.82) is 0 Å². The van der Waals surface area contributed by atoms with E-state index >= 15 is 0 Å². The van der Waals surface area contributed by atoms with Crippen LogP contribution in [0, 0.1) is 0 Å². The second kappa shape index (κ2) is 4.01. The molecule has 0 fully saturated rings. The van der Waals surface area contributed by atoms with Crippen molar-refractivity contribution in [2.75, 3.05) is 7.11 Å². The van der Waals surface area contributed by atoms with Gasteiger partial charge >= 0.3 is 0 Å². The largest absolute Gasteiger partial charge is 0.497 e. The third-order valence-corrected chi connectivity index (χ3v) is 2.26. The van der Waals surface area contributed by atoms with Crippen LogP contribution in [-0.2, 0) is 0 Å². The predicted molar refractivity (Wildman–Crippen MR) is 57.2 cm³/mol. The number of ether oxygens (including phenoxy) is 1. The second-order valence-corrected chi connectivity index (χ2v) is 3.16. The van der Waals surface area contributed by atoms with Gasteiger partial charge in [0.25, 0.3) is 0 Å². The predicted octanol–water partition coefficient (Wildman–Crippen LogP) is 2.41. The lowest BCUT2D eigenvalue weighted by Gasteiger charge is -2.16. The van der Waals surface area contributed by atoms with Gasteiger partial charge in [-0.05, 0) is 30.0 Å². The molecule has 0 amide bonds. The van der Waals surface area contributed by atoms with Crippen molar-refractivity contribution in [3.63, 3.8) is 0 Å². The molecule has 14 heavy (non-hydrogen) atoms. The molecule has 0 aliphatic carbocycles. The number of nitrogens with one attached hydrogen (secondary N) is 1. The van der Waals surface area contributed by atoms with Gasteiger partial charge in [-0.2, -0.15) is 0 Å². The molecule has 1 atom stereocenters. The summed E-state index contributed by atoms with van der Waals surface area (Å²) >= 11 is 0. The van der Waals surface area contributed by atoms with Crippen molar-refractivity contribution in [1.82, 2.24) is 5.32 Å². The maximum atomic E-state index is 5.10. The lowest BCUT2D eigenvalue weighted by molar-refractivity contribution is 0.414. The maximum Gasteiger partial charge on any atom is 0.118 e. The number of allylic oxidation sites excluding steroid dienone is 2. The third-order valence-electron chi connectivity index (χ3n) is 2.26. The molecule has 1 aromatic rings. The van der Waals surface area contributed by atoms with E-state index in [1.807, 2.05) is 30.5 Å². The SMILES string of the molecule is COc1ccc(C2C=CC=CN2)cc1. The normalized spacial score (nSPS) is 19.1. The van der Waals surface area contributed by atoms with E-state index in [-0.39, 0.29) is 6.04 Å². The van der Waals surface area contributed by atoms with Gasteiger partial charge in [-0.3, -0.25) is 0 Å². The Kier molecular flexibility index (Phi) is 2.54. The number of methoxy groups -OCH3 is 1. The first-order chi connectivity index (χ1) is 6.90. The molecule has 72 valence electrons. The summed E-state index contributed by atoms with van der Waals surface area (Å²) in [5.74, 6) is 0.893. The first-order valence-electron chi connectivity index (χ1n) is 4.63. The zero-order chi connectivity index (χ0) is 9.80. The first kappa shape index (κ1) is 8.88. The van der Waals surface area contributed by atoms with E-state index in [9.17, 15) is 0 Å². The summed E-state index contributed by atoms with van der Waals surface area (Å²) in [6.45, 7) is 0. The van der Waals surface area contributed by atoms with Crippen molar-refractivity contribution >= 4 is 0 Å². The summed E-state index contributed by atoms with van der Waals surface area (Å²) in [6, 6.07) is 8.37. The van der Waals surface area contributed by atoms with Crippen molar-refractivity contribution < 1.29 is 4.74 Å². The van der Waals surface area contributed by atoms with Crippen molar-refractivity contribution in [2.45, 2.75) is 6.04 Å². The molecule has 1 aliphatic heterocycles. The summed E-state index contributed by atoms with van der Waals surface area (Å²) in [7, 11) is 1.68. The van der Waals surface area contributed by atoms with Crippen LogP contribution in [0.25, 0.3) is 0 Å². The lowest BCUT2D eigenvalue weighted by Crippen LogP contribution is -2.14. The van der Waals surface area contributed by atoms with Crippen molar-refractivity contribution in [2.24, 2.45) is 0 Å². The van der Waals surface area contributed by atoms with Gasteiger partial charge in [0, 0.05) is 0 Å². The Morgan fingerprint density at radius 2 is 1.93 bits per heavy atom. The molecule has 0 bridgehead atoms. The van der Waals surface area contributed by atoms with E-state index in [0.29, 0.717) is 0 Å². The molecule has 0 aromatic heterocycles. The highest BCUT2D eigenvalue weighted by atomic mass is 16.5. The van der Waals surface area contributed by atoms with Gasteiger partial charge in [0.15, 0.2) is 0 Å². The molecule has 1 N–H and O–H groups in total. The molecule has 0 saturated carbocycles. The van der Waals surface area contributed by atoms with Crippen molar-refractivity contribution in [3.8, 4) is 5.75 Å². The van der Waals surface area contributed by atoms with E-state index in [2.05, 4.69) is 23.5 Å². The lowest BCUT2D eigenvalue weighted by atomic mass is 10.1. The average molecular weight is 187 g/mol. The Morgan fingerprint density at radius 1 is 1.14 bits per heavy atom. The molecule has 1 heterocycles. The zero-order valence-corrected chi connectivity index (χ0v) is 8.10. The Labute approximate surface area is 83.9 Å². The fourth-order valence-electron chi connectivity index (χ4n) is 1.46. The van der Waals surface area contributed by atoms with Crippen LogP contribution < -0.4 is 10.1 Å². The fourth-order valence-corrected chi connectivity index (χ4v) is 1.46. The minimum absolute atomic E-state index is 0.283. The first-order valence-corrected chi connectivity index (χ1v) is 4.63. The van der Waals surface area contributed by atoms with Gasteiger partial charge in [0.2, 0.25) is 0 Å². The van der Waals surface area contributed by atoms with Crippen LogP contribution in [0.15, 0.2) is 48.7 Å². The van der Waals surface area contributed by atoms with Gasteiger partial charge < -0.3 is 10.1 Å². The van der Waals surface area contributed by atoms with Crippen LogP contribution >= 0.6 is 0 Å². The van der Waals surface area contributed by atoms with E-state index in [0.717, 1.165) is 5.75 Å². The van der Waals surface area contributed by atoms with E-state index in [4.69, 9.17) is 4.74 Å². The monoisotopic (exact) mass is 187 g/mol. The molecule has 0 saturated heterocycles. The van der Waals surface area contributed by atoms with Crippen LogP contribution in [0.5, 0.6) is 5.75 Å². The fraction of sp³-hybridized carbons (Fsp3) is 0.167. The van der Waals surface area contributed by atoms with Crippen LogP contribution in [0.2, 0.25) is 0 Å². The van der Waals surface area contributed by atoms with Gasteiger partial charge in [-0.25, -0.2) is 0 Å². The summed E-state index contributed by atoms with van der Waals surface area (Å²) in [5.41, 5.74) is 1.24. The molecule has 1 unspecified atom stereocenters. The highest BCUT2D eigenvalue weighted by molar-refractivity contribution is 5.32. The maximum absolute atomic E-state index is 5.10. The van der Waals surface area contributed by atoms with Crippen LogP contribution in [0.4, 0.5) is 0 Å². The number of hydrogen-bond acceptors (Lipinski definition) is 2. The van der Waals surface area contributed by atoms with Crippen molar-refractivity contribution in [3.05, 3.63) is 54.3 Å². The molecular formula is C12H13NO. The Hall–Kier alpha value is -1.70. The quantitative estimate of drug-likeness (QED) is 0.767. The summed E-state index contributed by atoms with van der Waals surface area (Å²) in [4.78, 5) is 0. The van der Waals surface area contributed by atoms with E-state index in [1.54, 1.807) is 7.11 Å². The second-order valence-electron chi connectivity index (χ2n) is 3.16. The smallest absolute Gasteiger partial charge is 0.118 e. The van der Waals surface area contributed by atoms with Crippen LogP contribution in [-0.4, -0.2) is 7.11 Å². The highest BCUT2D eigenvalue weighted by Crippen LogP contribution is 2.19. The van der Waals surface area contributed by atoms with E-state index in [1.165, 1.54) is 5.56 Å². The van der Waals surface area contributed by atoms with E-state index < -0.39 is 0 Å². The van der Waals surface area contributed by atoms with Gasteiger partial charge in [-0.15, -0.1) is 0 Å². The molecular weight excluding hydrogens is 174 g/mol.